The molecule has 2 rings (SSSR count). The number of fused-ring (bicyclic) bond motifs is 1. The number of anilines is 1. The van der Waals surface area contributed by atoms with Crippen LogP contribution in [0.1, 0.15) is 19.4 Å². The zero-order valence-electron chi connectivity index (χ0n) is 9.88. The lowest BCUT2D eigenvalue weighted by atomic mass is 9.84. The second-order valence-electron chi connectivity index (χ2n) is 4.56. The molecular formula is C13H16ClNO. The van der Waals surface area contributed by atoms with E-state index < -0.39 is 0 Å². The van der Waals surface area contributed by atoms with Gasteiger partial charge in [0.05, 0.1) is 0 Å². The predicted octanol–water partition coefficient (Wildman–Crippen LogP) is 3.50. The van der Waals surface area contributed by atoms with Gasteiger partial charge in [0.25, 0.3) is 0 Å². The highest BCUT2D eigenvalue weighted by molar-refractivity contribution is 6.17. The van der Waals surface area contributed by atoms with Crippen molar-refractivity contribution >= 4 is 17.3 Å². The summed E-state index contributed by atoms with van der Waals surface area (Å²) in [7, 11) is 2.04. The Morgan fingerprint density at radius 3 is 2.75 bits per heavy atom. The van der Waals surface area contributed by atoms with E-state index in [-0.39, 0.29) is 11.5 Å². The van der Waals surface area contributed by atoms with Crippen molar-refractivity contribution in [1.29, 1.82) is 0 Å². The fourth-order valence-corrected chi connectivity index (χ4v) is 2.31. The Morgan fingerprint density at radius 2 is 2.12 bits per heavy atom. The first-order chi connectivity index (χ1) is 7.48. The monoisotopic (exact) mass is 237 g/mol. The van der Waals surface area contributed by atoms with Crippen LogP contribution in [0.5, 0.6) is 5.75 Å². The van der Waals surface area contributed by atoms with Gasteiger partial charge in [0.1, 0.15) is 5.75 Å². The molecule has 0 bridgehead atoms. The standard InChI is InChI=1S/C13H16ClNO/c1-9-13(2,3)11-7-10(16-8-14)5-6-12(11)15(9)4/h5-7H,1,8H2,2-4H3. The molecule has 0 saturated carbocycles. The van der Waals surface area contributed by atoms with Gasteiger partial charge >= 0.3 is 0 Å². The Morgan fingerprint density at radius 1 is 1.44 bits per heavy atom. The number of nitrogens with zero attached hydrogens (tertiary/aromatic N) is 1. The Labute approximate surface area is 101 Å². The van der Waals surface area contributed by atoms with Crippen molar-refractivity contribution < 1.29 is 4.74 Å². The lowest BCUT2D eigenvalue weighted by molar-refractivity contribution is 0.387. The van der Waals surface area contributed by atoms with Crippen molar-refractivity contribution in [3.8, 4) is 5.75 Å². The van der Waals surface area contributed by atoms with Crippen LogP contribution in [0.2, 0.25) is 0 Å². The maximum Gasteiger partial charge on any atom is 0.162 e. The fourth-order valence-electron chi connectivity index (χ4n) is 2.18. The van der Waals surface area contributed by atoms with E-state index >= 15 is 0 Å². The molecule has 1 aromatic carbocycles. The third kappa shape index (κ3) is 1.49. The maximum atomic E-state index is 5.57. The van der Waals surface area contributed by atoms with E-state index in [1.54, 1.807) is 0 Å². The van der Waals surface area contributed by atoms with Gasteiger partial charge in [-0.1, -0.05) is 32.0 Å². The molecule has 1 aliphatic rings. The minimum absolute atomic E-state index is 0.0459. The van der Waals surface area contributed by atoms with Gasteiger partial charge in [0, 0.05) is 23.8 Å². The molecule has 0 radical (unpaired) electrons. The summed E-state index contributed by atoms with van der Waals surface area (Å²) in [5, 5.41) is 0. The molecular weight excluding hydrogens is 222 g/mol. The summed E-state index contributed by atoms with van der Waals surface area (Å²) in [5.41, 5.74) is 3.49. The zero-order valence-corrected chi connectivity index (χ0v) is 10.6. The molecule has 3 heteroatoms. The van der Waals surface area contributed by atoms with Crippen LogP contribution in [0.15, 0.2) is 30.5 Å². The second-order valence-corrected chi connectivity index (χ2v) is 4.78. The smallest absolute Gasteiger partial charge is 0.162 e. The molecule has 0 amide bonds. The largest absolute Gasteiger partial charge is 0.478 e. The van der Waals surface area contributed by atoms with Crippen molar-refractivity contribution in [2.24, 2.45) is 0 Å². The highest BCUT2D eigenvalue weighted by Gasteiger charge is 2.37. The molecule has 0 saturated heterocycles. The molecule has 0 aliphatic carbocycles. The lowest BCUT2D eigenvalue weighted by Gasteiger charge is -2.22. The van der Waals surface area contributed by atoms with E-state index in [1.165, 1.54) is 11.3 Å². The van der Waals surface area contributed by atoms with Gasteiger partial charge < -0.3 is 9.64 Å². The SMILES string of the molecule is C=C1N(C)c2ccc(OCCl)cc2C1(C)C. The zero-order chi connectivity index (χ0) is 11.9. The Hall–Kier alpha value is -1.15. The van der Waals surface area contributed by atoms with Gasteiger partial charge in [0.2, 0.25) is 0 Å². The van der Waals surface area contributed by atoms with Gasteiger partial charge in [0.15, 0.2) is 6.07 Å². The molecule has 1 aromatic rings. The first-order valence-electron chi connectivity index (χ1n) is 5.25. The van der Waals surface area contributed by atoms with Crippen molar-refractivity contribution in [2.45, 2.75) is 19.3 Å². The number of allylic oxidation sites excluding steroid dienone is 1. The summed E-state index contributed by atoms with van der Waals surface area (Å²) in [6, 6.07) is 6.21. The van der Waals surface area contributed by atoms with Gasteiger partial charge in [-0.3, -0.25) is 0 Å². The van der Waals surface area contributed by atoms with E-state index in [4.69, 9.17) is 16.3 Å². The van der Waals surface area contributed by atoms with Crippen LogP contribution in [-0.4, -0.2) is 13.1 Å². The summed E-state index contributed by atoms with van der Waals surface area (Å²) in [4.78, 5) is 2.12. The molecule has 0 spiro atoms. The summed E-state index contributed by atoms with van der Waals surface area (Å²) in [5.74, 6) is 0.810. The lowest BCUT2D eigenvalue weighted by Crippen LogP contribution is -2.21. The first kappa shape index (κ1) is 11.3. The van der Waals surface area contributed by atoms with E-state index in [9.17, 15) is 0 Å². The van der Waals surface area contributed by atoms with E-state index in [1.807, 2.05) is 19.2 Å². The molecule has 1 heterocycles. The average Bonchev–Trinajstić information content (AvgIpc) is 2.42. The van der Waals surface area contributed by atoms with Crippen molar-refractivity contribution in [3.05, 3.63) is 36.0 Å². The minimum Gasteiger partial charge on any atom is -0.478 e. The number of ether oxygens (including phenoxy) is 1. The maximum absolute atomic E-state index is 5.57. The second kappa shape index (κ2) is 3.70. The van der Waals surface area contributed by atoms with Crippen LogP contribution in [0.4, 0.5) is 5.69 Å². The van der Waals surface area contributed by atoms with Crippen LogP contribution in [0, 0.1) is 0 Å². The molecule has 0 aromatic heterocycles. The first-order valence-corrected chi connectivity index (χ1v) is 5.78. The number of alkyl halides is 1. The number of hydrogen-bond donors (Lipinski definition) is 0. The van der Waals surface area contributed by atoms with Crippen LogP contribution in [0.3, 0.4) is 0 Å². The summed E-state index contributed by atoms with van der Waals surface area (Å²) < 4.78 is 5.31. The topological polar surface area (TPSA) is 12.5 Å². The molecule has 16 heavy (non-hydrogen) atoms. The summed E-state index contributed by atoms with van der Waals surface area (Å²) in [6.45, 7) is 8.47. The quantitative estimate of drug-likeness (QED) is 0.730. The molecule has 0 fully saturated rings. The normalized spacial score (nSPS) is 17.5. The molecule has 0 unspecified atom stereocenters. The molecule has 2 nitrogen and oxygen atoms in total. The van der Waals surface area contributed by atoms with Gasteiger partial charge in [-0.2, -0.15) is 0 Å². The highest BCUT2D eigenvalue weighted by Crippen LogP contribution is 2.47. The Balaban J connectivity index is 2.52. The third-order valence-electron chi connectivity index (χ3n) is 3.35. The van der Waals surface area contributed by atoms with Gasteiger partial charge in [-0.15, -0.1) is 0 Å². The van der Waals surface area contributed by atoms with Crippen LogP contribution in [0.25, 0.3) is 0 Å². The minimum atomic E-state index is -0.0459. The molecule has 0 N–H and O–H groups in total. The van der Waals surface area contributed by atoms with E-state index in [0.29, 0.717) is 0 Å². The van der Waals surface area contributed by atoms with E-state index in [0.717, 1.165) is 11.4 Å². The Bertz CT molecular complexity index is 440. The molecule has 86 valence electrons. The molecule has 0 atom stereocenters. The van der Waals surface area contributed by atoms with Crippen LogP contribution < -0.4 is 9.64 Å². The van der Waals surface area contributed by atoms with Gasteiger partial charge in [-0.25, -0.2) is 0 Å². The van der Waals surface area contributed by atoms with Gasteiger partial charge in [-0.05, 0) is 23.8 Å². The number of benzene rings is 1. The summed E-state index contributed by atoms with van der Waals surface area (Å²) in [6.07, 6.45) is 0. The summed E-state index contributed by atoms with van der Waals surface area (Å²) >= 11 is 5.57. The highest BCUT2D eigenvalue weighted by atomic mass is 35.5. The Kier molecular flexibility index (Phi) is 2.62. The predicted molar refractivity (Wildman–Crippen MR) is 68.4 cm³/mol. The van der Waals surface area contributed by atoms with Crippen molar-refractivity contribution in [2.75, 3.05) is 18.0 Å². The fraction of sp³-hybridized carbons (Fsp3) is 0.385. The number of hydrogen-bond acceptors (Lipinski definition) is 2. The van der Waals surface area contributed by atoms with Crippen LogP contribution in [-0.2, 0) is 5.41 Å². The van der Waals surface area contributed by atoms with Crippen molar-refractivity contribution in [3.63, 3.8) is 0 Å². The molecule has 1 aliphatic heterocycles. The third-order valence-corrected chi connectivity index (χ3v) is 3.46. The number of halogens is 1. The number of likely N-dealkylation sites (N-methyl/N-ethyl adjacent to an activating group) is 1. The van der Waals surface area contributed by atoms with Crippen LogP contribution >= 0.6 is 11.6 Å². The number of rotatable bonds is 2. The van der Waals surface area contributed by atoms with Crippen molar-refractivity contribution in [1.82, 2.24) is 0 Å². The van der Waals surface area contributed by atoms with E-state index in [2.05, 4.69) is 31.4 Å². The average molecular weight is 238 g/mol.